The SMILES string of the molecule is Cc1cn2nc(-c3cnc4cc(N5CCC(N6CCC6)C5)sc4n3)cc(C)c2n1. The normalized spacial score (nSPS) is 20.1. The first-order chi connectivity index (χ1) is 14.1. The van der Waals surface area contributed by atoms with Crippen LogP contribution in [0.3, 0.4) is 0 Å². The molecular weight excluding hydrogens is 382 g/mol. The van der Waals surface area contributed by atoms with Gasteiger partial charge >= 0.3 is 0 Å². The Labute approximate surface area is 173 Å². The number of hydrogen-bond acceptors (Lipinski definition) is 7. The van der Waals surface area contributed by atoms with E-state index in [0.29, 0.717) is 6.04 Å². The summed E-state index contributed by atoms with van der Waals surface area (Å²) >= 11 is 1.74. The second kappa shape index (κ2) is 6.47. The van der Waals surface area contributed by atoms with Crippen molar-refractivity contribution in [2.24, 2.45) is 0 Å². The lowest BCUT2D eigenvalue weighted by Crippen LogP contribution is -2.46. The molecule has 2 saturated heterocycles. The summed E-state index contributed by atoms with van der Waals surface area (Å²) in [5, 5.41) is 5.99. The van der Waals surface area contributed by atoms with Crippen molar-refractivity contribution in [1.29, 1.82) is 0 Å². The van der Waals surface area contributed by atoms with Crippen molar-refractivity contribution in [3.05, 3.63) is 35.8 Å². The summed E-state index contributed by atoms with van der Waals surface area (Å²) < 4.78 is 1.84. The van der Waals surface area contributed by atoms with E-state index in [1.165, 1.54) is 30.9 Å². The fourth-order valence-corrected chi connectivity index (χ4v) is 5.42. The molecule has 4 aromatic rings. The zero-order chi connectivity index (χ0) is 19.5. The second-order valence-corrected chi connectivity index (χ2v) is 9.18. The van der Waals surface area contributed by atoms with E-state index in [0.717, 1.165) is 51.7 Å². The van der Waals surface area contributed by atoms with E-state index in [-0.39, 0.29) is 0 Å². The number of aryl methyl sites for hydroxylation is 2. The van der Waals surface area contributed by atoms with Gasteiger partial charge in [0, 0.05) is 25.2 Å². The summed E-state index contributed by atoms with van der Waals surface area (Å²) in [6.45, 7) is 8.83. The Balaban J connectivity index is 1.32. The van der Waals surface area contributed by atoms with Gasteiger partial charge in [0.1, 0.15) is 21.7 Å². The van der Waals surface area contributed by atoms with Crippen LogP contribution in [0.15, 0.2) is 24.5 Å². The molecule has 4 aromatic heterocycles. The van der Waals surface area contributed by atoms with Gasteiger partial charge in [0.05, 0.1) is 23.1 Å². The van der Waals surface area contributed by atoms with Gasteiger partial charge in [0.2, 0.25) is 0 Å². The van der Waals surface area contributed by atoms with Crippen molar-refractivity contribution in [3.8, 4) is 11.4 Å². The van der Waals surface area contributed by atoms with E-state index in [2.05, 4.69) is 27.8 Å². The van der Waals surface area contributed by atoms with Crippen LogP contribution in [0.4, 0.5) is 5.00 Å². The minimum atomic E-state index is 0.711. The summed E-state index contributed by atoms with van der Waals surface area (Å²) in [5.41, 5.74) is 5.55. The summed E-state index contributed by atoms with van der Waals surface area (Å²) in [7, 11) is 0. The Kier molecular flexibility index (Phi) is 3.86. The van der Waals surface area contributed by atoms with Crippen molar-refractivity contribution in [2.75, 3.05) is 31.1 Å². The molecule has 1 atom stereocenters. The minimum Gasteiger partial charge on any atom is -0.362 e. The molecule has 0 amide bonds. The average Bonchev–Trinajstić information content (AvgIpc) is 3.36. The van der Waals surface area contributed by atoms with Gasteiger partial charge in [-0.05, 0) is 51.4 Å². The van der Waals surface area contributed by atoms with E-state index >= 15 is 0 Å². The van der Waals surface area contributed by atoms with E-state index in [1.807, 2.05) is 29.9 Å². The highest BCUT2D eigenvalue weighted by Crippen LogP contribution is 2.34. The minimum absolute atomic E-state index is 0.711. The number of likely N-dealkylation sites (tertiary alicyclic amines) is 1. The number of rotatable bonds is 3. The molecular formula is C21H23N7S. The number of nitrogens with zero attached hydrogens (tertiary/aromatic N) is 7. The van der Waals surface area contributed by atoms with Gasteiger partial charge in [-0.1, -0.05) is 11.3 Å². The fourth-order valence-electron chi connectivity index (χ4n) is 4.40. The highest BCUT2D eigenvalue weighted by molar-refractivity contribution is 7.22. The van der Waals surface area contributed by atoms with E-state index < -0.39 is 0 Å². The Morgan fingerprint density at radius 2 is 1.97 bits per heavy atom. The van der Waals surface area contributed by atoms with E-state index in [1.54, 1.807) is 11.3 Å². The van der Waals surface area contributed by atoms with Gasteiger partial charge in [-0.2, -0.15) is 5.10 Å². The molecule has 0 N–H and O–H groups in total. The number of imidazole rings is 1. The van der Waals surface area contributed by atoms with Crippen LogP contribution in [-0.4, -0.2) is 61.7 Å². The van der Waals surface area contributed by atoms with E-state index in [9.17, 15) is 0 Å². The Bertz CT molecular complexity index is 1220. The third-order valence-electron chi connectivity index (χ3n) is 6.10. The molecule has 1 unspecified atom stereocenters. The molecule has 0 bridgehead atoms. The molecule has 0 radical (unpaired) electrons. The largest absolute Gasteiger partial charge is 0.362 e. The number of anilines is 1. The maximum atomic E-state index is 4.90. The molecule has 0 aromatic carbocycles. The van der Waals surface area contributed by atoms with Gasteiger partial charge in [-0.3, -0.25) is 9.88 Å². The molecule has 0 saturated carbocycles. The highest BCUT2D eigenvalue weighted by Gasteiger charge is 2.31. The summed E-state index contributed by atoms with van der Waals surface area (Å²) in [5.74, 6) is 0. The Hall–Kier alpha value is -2.58. The summed E-state index contributed by atoms with van der Waals surface area (Å²) in [4.78, 5) is 20.2. The molecule has 7 nitrogen and oxygen atoms in total. The number of thiophene rings is 1. The van der Waals surface area contributed by atoms with Gasteiger partial charge in [0.15, 0.2) is 5.65 Å². The van der Waals surface area contributed by atoms with Crippen LogP contribution in [-0.2, 0) is 0 Å². The highest BCUT2D eigenvalue weighted by atomic mass is 32.1. The maximum Gasteiger partial charge on any atom is 0.156 e. The number of fused-ring (bicyclic) bond motifs is 2. The number of aromatic nitrogens is 5. The van der Waals surface area contributed by atoms with Crippen molar-refractivity contribution in [1.82, 2.24) is 29.5 Å². The van der Waals surface area contributed by atoms with Gasteiger partial charge < -0.3 is 4.90 Å². The first kappa shape index (κ1) is 17.3. The molecule has 6 rings (SSSR count). The number of hydrogen-bond donors (Lipinski definition) is 0. The van der Waals surface area contributed by atoms with Crippen molar-refractivity contribution < 1.29 is 0 Å². The molecule has 29 heavy (non-hydrogen) atoms. The summed E-state index contributed by atoms with van der Waals surface area (Å²) in [6.07, 6.45) is 6.40. The monoisotopic (exact) mass is 405 g/mol. The molecule has 148 valence electrons. The molecule has 2 fully saturated rings. The van der Waals surface area contributed by atoms with Gasteiger partial charge in [-0.25, -0.2) is 14.5 Å². The third-order valence-corrected chi connectivity index (χ3v) is 7.18. The first-order valence-electron chi connectivity index (χ1n) is 10.2. The van der Waals surface area contributed by atoms with Crippen LogP contribution >= 0.6 is 11.3 Å². The van der Waals surface area contributed by atoms with Crippen molar-refractivity contribution >= 4 is 32.3 Å². The summed E-state index contributed by atoms with van der Waals surface area (Å²) in [6, 6.07) is 4.95. The van der Waals surface area contributed by atoms with Crippen LogP contribution in [0.2, 0.25) is 0 Å². The molecule has 2 aliphatic heterocycles. The maximum absolute atomic E-state index is 4.90. The Morgan fingerprint density at radius 3 is 2.79 bits per heavy atom. The average molecular weight is 406 g/mol. The smallest absolute Gasteiger partial charge is 0.156 e. The lowest BCUT2D eigenvalue weighted by atomic mass is 10.1. The predicted molar refractivity (Wildman–Crippen MR) is 116 cm³/mol. The quantitative estimate of drug-likeness (QED) is 0.521. The van der Waals surface area contributed by atoms with Crippen LogP contribution < -0.4 is 4.90 Å². The van der Waals surface area contributed by atoms with Crippen LogP contribution in [0.25, 0.3) is 27.4 Å². The van der Waals surface area contributed by atoms with Crippen molar-refractivity contribution in [2.45, 2.75) is 32.7 Å². The van der Waals surface area contributed by atoms with Gasteiger partial charge in [-0.15, -0.1) is 0 Å². The van der Waals surface area contributed by atoms with Gasteiger partial charge in [0.25, 0.3) is 0 Å². The second-order valence-electron chi connectivity index (χ2n) is 8.17. The molecule has 6 heterocycles. The molecule has 2 aliphatic rings. The predicted octanol–water partition coefficient (Wildman–Crippen LogP) is 3.30. The first-order valence-corrected chi connectivity index (χ1v) is 11.1. The lowest BCUT2D eigenvalue weighted by molar-refractivity contribution is 0.129. The van der Waals surface area contributed by atoms with Crippen LogP contribution in [0.1, 0.15) is 24.1 Å². The standard InChI is InChI=1S/C21H23N7S/c1-13-8-16(25-28-11-14(2)23-20(13)28)18-10-22-17-9-19(29-21(17)24-18)27-7-4-15(12-27)26-5-3-6-26/h8-11,15H,3-7,12H2,1-2H3. The van der Waals surface area contributed by atoms with E-state index in [4.69, 9.17) is 15.1 Å². The Morgan fingerprint density at radius 1 is 1.07 bits per heavy atom. The van der Waals surface area contributed by atoms with Crippen LogP contribution in [0.5, 0.6) is 0 Å². The molecule has 8 heteroatoms. The van der Waals surface area contributed by atoms with Crippen LogP contribution in [0, 0.1) is 13.8 Å². The fraction of sp³-hybridized carbons (Fsp3) is 0.429. The lowest BCUT2D eigenvalue weighted by Gasteiger charge is -2.36. The third kappa shape index (κ3) is 2.89. The molecule has 0 spiro atoms. The zero-order valence-corrected chi connectivity index (χ0v) is 17.5. The molecule has 0 aliphatic carbocycles. The topological polar surface area (TPSA) is 62.5 Å². The van der Waals surface area contributed by atoms with Crippen molar-refractivity contribution in [3.63, 3.8) is 0 Å². The zero-order valence-electron chi connectivity index (χ0n) is 16.7.